The largest absolute Gasteiger partial charge is 0.315 e. The highest BCUT2D eigenvalue weighted by Crippen LogP contribution is 2.19. The number of nitrogens with two attached hydrogens (primary N) is 1. The van der Waals surface area contributed by atoms with Crippen LogP contribution < -0.4 is 5.73 Å². The molecule has 1 nitrogen and oxygen atoms in total. The van der Waals surface area contributed by atoms with Gasteiger partial charge in [-0.25, -0.2) is 0 Å². The molecule has 0 saturated carbocycles. The van der Waals surface area contributed by atoms with Crippen LogP contribution in [0.15, 0.2) is 24.3 Å². The van der Waals surface area contributed by atoms with Crippen LogP contribution in [0.4, 0.5) is 0 Å². The molecule has 0 rings (SSSR count). The summed E-state index contributed by atoms with van der Waals surface area (Å²) >= 11 is 0. The predicted molar refractivity (Wildman–Crippen MR) is 86.8 cm³/mol. The molecule has 0 aromatic carbocycles. The molecule has 0 fully saturated rings. The van der Waals surface area contributed by atoms with Crippen molar-refractivity contribution in [3.05, 3.63) is 24.3 Å². The zero-order chi connectivity index (χ0) is 14.7. The Hall–Kier alpha value is -1.00. The van der Waals surface area contributed by atoms with E-state index in [-0.39, 0.29) is 0 Å². The number of hydrogen-bond donors (Lipinski definition) is 1. The van der Waals surface area contributed by atoms with Gasteiger partial charge in [0, 0.05) is 0 Å². The number of allylic oxidation sites excluding steroid dienone is 3. The maximum Gasteiger partial charge on any atom is 0.0782 e. The molecule has 0 aromatic heterocycles. The molecule has 0 aliphatic carbocycles. The Kier molecular flexibility index (Phi) is 9.35. The van der Waals surface area contributed by atoms with Crippen LogP contribution in [0.2, 0.25) is 0 Å². The van der Waals surface area contributed by atoms with E-state index in [4.69, 9.17) is 5.73 Å². The first-order valence-electron chi connectivity index (χ1n) is 7.47. The fourth-order valence-corrected chi connectivity index (χ4v) is 1.94. The molecule has 2 atom stereocenters. The molecule has 0 spiro atoms. The molecule has 0 radical (unpaired) electrons. The van der Waals surface area contributed by atoms with Gasteiger partial charge in [0.15, 0.2) is 0 Å². The molecule has 2 N–H and O–H groups in total. The Balaban J connectivity index is 4.37. The molecule has 1 heteroatoms. The van der Waals surface area contributed by atoms with Crippen molar-refractivity contribution in [2.75, 3.05) is 0 Å². The van der Waals surface area contributed by atoms with Gasteiger partial charge in [0.1, 0.15) is 0 Å². The van der Waals surface area contributed by atoms with Crippen LogP contribution in [0.5, 0.6) is 0 Å². The predicted octanol–water partition coefficient (Wildman–Crippen LogP) is 4.69. The van der Waals surface area contributed by atoms with E-state index in [9.17, 15) is 0 Å². The maximum absolute atomic E-state index is 6.09. The monoisotopic (exact) mass is 261 g/mol. The van der Waals surface area contributed by atoms with Gasteiger partial charge in [0.05, 0.1) is 5.54 Å². The second kappa shape index (κ2) is 9.87. The summed E-state index contributed by atoms with van der Waals surface area (Å²) in [5.74, 6) is 7.20. The van der Waals surface area contributed by atoms with Crippen molar-refractivity contribution < 1.29 is 0 Å². The number of unbranched alkanes of at least 4 members (excludes halogenated alkanes) is 1. The zero-order valence-corrected chi connectivity index (χ0v) is 13.4. The quantitative estimate of drug-likeness (QED) is 0.498. The van der Waals surface area contributed by atoms with Crippen LogP contribution >= 0.6 is 0 Å². The standard InChI is InChI=1S/C18H31N/c1-6-8-9-10-12-17(16(3)4)13-11-15-18(5,19)14-7-2/h9-11,13,16-17H,6,8,12,15,19H2,1-5H3/b10-9-,13-11+. The van der Waals surface area contributed by atoms with E-state index in [1.165, 1.54) is 12.8 Å². The first-order valence-corrected chi connectivity index (χ1v) is 7.47. The molecule has 19 heavy (non-hydrogen) atoms. The third-order valence-corrected chi connectivity index (χ3v) is 3.22. The van der Waals surface area contributed by atoms with Crippen LogP contribution in [0.3, 0.4) is 0 Å². The molecule has 0 aliphatic rings. The lowest BCUT2D eigenvalue weighted by molar-refractivity contribution is 0.467. The van der Waals surface area contributed by atoms with Crippen molar-refractivity contribution in [2.45, 2.75) is 65.8 Å². The molecular formula is C18H31N. The minimum atomic E-state index is -0.398. The molecule has 0 bridgehead atoms. The minimum Gasteiger partial charge on any atom is -0.315 e. The lowest BCUT2D eigenvalue weighted by Crippen LogP contribution is -2.33. The van der Waals surface area contributed by atoms with Crippen LogP contribution in [0, 0.1) is 23.7 Å². The molecule has 0 heterocycles. The van der Waals surface area contributed by atoms with Crippen molar-refractivity contribution in [1.82, 2.24) is 0 Å². The average Bonchev–Trinajstić information content (AvgIpc) is 2.31. The number of hydrogen-bond acceptors (Lipinski definition) is 1. The summed E-state index contributed by atoms with van der Waals surface area (Å²) in [7, 11) is 0. The molecule has 2 unspecified atom stereocenters. The van der Waals surface area contributed by atoms with E-state index in [1.807, 2.05) is 13.8 Å². The fourth-order valence-electron chi connectivity index (χ4n) is 1.94. The summed E-state index contributed by atoms with van der Waals surface area (Å²) < 4.78 is 0. The Morgan fingerprint density at radius 2 is 1.89 bits per heavy atom. The van der Waals surface area contributed by atoms with Crippen LogP contribution in [-0.4, -0.2) is 5.54 Å². The molecular weight excluding hydrogens is 230 g/mol. The van der Waals surface area contributed by atoms with Gasteiger partial charge in [-0.05, 0) is 44.9 Å². The van der Waals surface area contributed by atoms with Gasteiger partial charge in [-0.1, -0.05) is 57.4 Å². The fraction of sp³-hybridized carbons (Fsp3) is 0.667. The van der Waals surface area contributed by atoms with Gasteiger partial charge < -0.3 is 5.73 Å². The maximum atomic E-state index is 6.09. The highest BCUT2D eigenvalue weighted by Gasteiger charge is 2.13. The highest BCUT2D eigenvalue weighted by atomic mass is 14.7. The van der Waals surface area contributed by atoms with Gasteiger partial charge in [-0.3, -0.25) is 0 Å². The average molecular weight is 261 g/mol. The second-order valence-electron chi connectivity index (χ2n) is 5.83. The normalized spacial score (nSPS) is 16.6. The number of rotatable bonds is 8. The highest BCUT2D eigenvalue weighted by molar-refractivity contribution is 5.16. The Morgan fingerprint density at radius 1 is 1.21 bits per heavy atom. The van der Waals surface area contributed by atoms with E-state index < -0.39 is 5.54 Å². The summed E-state index contributed by atoms with van der Waals surface area (Å²) in [6.07, 6.45) is 13.4. The van der Waals surface area contributed by atoms with Crippen molar-refractivity contribution in [3.8, 4) is 11.8 Å². The lowest BCUT2D eigenvalue weighted by atomic mass is 9.90. The van der Waals surface area contributed by atoms with E-state index in [1.54, 1.807) is 0 Å². The third kappa shape index (κ3) is 9.56. The van der Waals surface area contributed by atoms with Gasteiger partial charge in [-0.2, -0.15) is 0 Å². The molecule has 0 aromatic rings. The molecule has 108 valence electrons. The van der Waals surface area contributed by atoms with Crippen molar-refractivity contribution in [2.24, 2.45) is 17.6 Å². The van der Waals surface area contributed by atoms with Gasteiger partial charge >= 0.3 is 0 Å². The molecule has 0 saturated heterocycles. The lowest BCUT2D eigenvalue weighted by Gasteiger charge is -2.17. The van der Waals surface area contributed by atoms with E-state index in [0.29, 0.717) is 11.8 Å². The van der Waals surface area contributed by atoms with Gasteiger partial charge in [-0.15, -0.1) is 5.92 Å². The van der Waals surface area contributed by atoms with E-state index in [2.05, 4.69) is 56.9 Å². The third-order valence-electron chi connectivity index (χ3n) is 3.22. The van der Waals surface area contributed by atoms with E-state index in [0.717, 1.165) is 12.8 Å². The Labute approximate surface area is 120 Å². The van der Waals surface area contributed by atoms with Crippen molar-refractivity contribution >= 4 is 0 Å². The summed E-state index contributed by atoms with van der Waals surface area (Å²) in [6.45, 7) is 10.6. The Bertz CT molecular complexity index is 336. The smallest absolute Gasteiger partial charge is 0.0782 e. The topological polar surface area (TPSA) is 26.0 Å². The molecule has 0 aliphatic heterocycles. The van der Waals surface area contributed by atoms with Crippen molar-refractivity contribution in [3.63, 3.8) is 0 Å². The summed E-state index contributed by atoms with van der Waals surface area (Å²) in [5, 5.41) is 0. The minimum absolute atomic E-state index is 0.398. The summed E-state index contributed by atoms with van der Waals surface area (Å²) in [6, 6.07) is 0. The first kappa shape index (κ1) is 18.0. The van der Waals surface area contributed by atoms with Crippen LogP contribution in [0.1, 0.15) is 60.3 Å². The Morgan fingerprint density at radius 3 is 2.42 bits per heavy atom. The van der Waals surface area contributed by atoms with E-state index >= 15 is 0 Å². The SMILES string of the molecule is CC#CC(C)(N)C/C=C/C(C/C=C\CCC)C(C)C. The van der Waals surface area contributed by atoms with Crippen LogP contribution in [-0.2, 0) is 0 Å². The zero-order valence-electron chi connectivity index (χ0n) is 13.4. The van der Waals surface area contributed by atoms with Gasteiger partial charge in [0.25, 0.3) is 0 Å². The molecule has 0 amide bonds. The van der Waals surface area contributed by atoms with Crippen molar-refractivity contribution in [1.29, 1.82) is 0 Å². The van der Waals surface area contributed by atoms with Gasteiger partial charge in [0.2, 0.25) is 0 Å². The summed E-state index contributed by atoms with van der Waals surface area (Å²) in [5.41, 5.74) is 5.69. The first-order chi connectivity index (χ1) is 8.93. The second-order valence-corrected chi connectivity index (χ2v) is 5.83. The van der Waals surface area contributed by atoms with Crippen LogP contribution in [0.25, 0.3) is 0 Å². The summed E-state index contributed by atoms with van der Waals surface area (Å²) in [4.78, 5) is 0.